The van der Waals surface area contributed by atoms with Crippen LogP contribution in [-0.2, 0) is 0 Å². The Morgan fingerprint density at radius 1 is 0.311 bits per heavy atom. The summed E-state index contributed by atoms with van der Waals surface area (Å²) in [6.45, 7) is 0. The van der Waals surface area contributed by atoms with E-state index in [1.807, 2.05) is 11.3 Å². The van der Waals surface area contributed by atoms with Gasteiger partial charge in [0.15, 0.2) is 0 Å². The first-order chi connectivity index (χ1) is 30.2. The molecule has 2 nitrogen and oxygen atoms in total. The summed E-state index contributed by atoms with van der Waals surface area (Å²) in [5, 5.41) is 7.69. The highest BCUT2D eigenvalue weighted by atomic mass is 32.1. The standard InChI is InChI=1S/C58H38N2S/c1-2-15-49-41(11-1)12-10-19-50(49)42-27-34-47(35-28-42)59(46-32-25-40(26-33-46)44-29-36-54-53-18-5-8-22-57(53)61-58(54)38-44)45-30-23-39(24-31-45)43-13-9-14-48(37-43)60-55-20-6-3-16-51(55)52-17-4-7-21-56(52)60/h1-38H. The highest BCUT2D eigenvalue weighted by molar-refractivity contribution is 7.25. The number of rotatable bonds is 7. The molecule has 0 N–H and O–H groups in total. The molecule has 12 rings (SSSR count). The van der Waals surface area contributed by atoms with E-state index in [-0.39, 0.29) is 0 Å². The van der Waals surface area contributed by atoms with Gasteiger partial charge >= 0.3 is 0 Å². The number of hydrogen-bond acceptors (Lipinski definition) is 2. The molecule has 10 aromatic carbocycles. The second-order valence-electron chi connectivity index (χ2n) is 15.7. The van der Waals surface area contributed by atoms with Crippen LogP contribution in [0.25, 0.3) is 91.8 Å². The molecule has 61 heavy (non-hydrogen) atoms. The lowest BCUT2D eigenvalue weighted by atomic mass is 9.98. The summed E-state index contributed by atoms with van der Waals surface area (Å²) in [6.07, 6.45) is 0. The van der Waals surface area contributed by atoms with Crippen molar-refractivity contribution in [3.63, 3.8) is 0 Å². The van der Waals surface area contributed by atoms with Gasteiger partial charge in [-0.05, 0) is 117 Å². The summed E-state index contributed by atoms with van der Waals surface area (Å²) in [7, 11) is 0. The minimum Gasteiger partial charge on any atom is -0.311 e. The van der Waals surface area contributed by atoms with Crippen LogP contribution in [0.1, 0.15) is 0 Å². The number of fused-ring (bicyclic) bond motifs is 7. The molecular weight excluding hydrogens is 757 g/mol. The van der Waals surface area contributed by atoms with Crippen molar-refractivity contribution in [2.75, 3.05) is 4.90 Å². The molecular formula is C58H38N2S. The van der Waals surface area contributed by atoms with Gasteiger partial charge in [0.25, 0.3) is 0 Å². The molecule has 0 fully saturated rings. The lowest BCUT2D eigenvalue weighted by molar-refractivity contribution is 1.18. The zero-order valence-electron chi connectivity index (χ0n) is 33.2. The third-order valence-electron chi connectivity index (χ3n) is 12.2. The van der Waals surface area contributed by atoms with Crippen LogP contribution < -0.4 is 4.90 Å². The van der Waals surface area contributed by atoms with Crippen molar-refractivity contribution < 1.29 is 0 Å². The molecule has 0 bridgehead atoms. The van der Waals surface area contributed by atoms with E-state index in [2.05, 4.69) is 240 Å². The summed E-state index contributed by atoms with van der Waals surface area (Å²) in [4.78, 5) is 2.37. The quantitative estimate of drug-likeness (QED) is 0.156. The van der Waals surface area contributed by atoms with E-state index < -0.39 is 0 Å². The highest BCUT2D eigenvalue weighted by Gasteiger charge is 2.16. The minimum absolute atomic E-state index is 1.10. The summed E-state index contributed by atoms with van der Waals surface area (Å²) in [5.41, 5.74) is 14.1. The third kappa shape index (κ3) is 6.09. The zero-order chi connectivity index (χ0) is 40.3. The Bertz CT molecular complexity index is 3520. The van der Waals surface area contributed by atoms with Gasteiger partial charge in [0.05, 0.1) is 11.0 Å². The lowest BCUT2D eigenvalue weighted by Crippen LogP contribution is -2.09. The number of anilines is 3. The van der Waals surface area contributed by atoms with Gasteiger partial charge in [-0.2, -0.15) is 0 Å². The third-order valence-corrected chi connectivity index (χ3v) is 13.3. The molecule has 0 atom stereocenters. The predicted molar refractivity (Wildman–Crippen MR) is 262 cm³/mol. The average Bonchev–Trinajstić information content (AvgIpc) is 3.88. The zero-order valence-corrected chi connectivity index (χ0v) is 34.1. The van der Waals surface area contributed by atoms with Crippen LogP contribution in [0.3, 0.4) is 0 Å². The van der Waals surface area contributed by atoms with Crippen LogP contribution in [0.4, 0.5) is 17.1 Å². The maximum atomic E-state index is 2.39. The maximum Gasteiger partial charge on any atom is 0.0541 e. The first-order valence-electron chi connectivity index (χ1n) is 20.8. The number of benzene rings is 10. The predicted octanol–water partition coefficient (Wildman–Crippen LogP) is 16.8. The molecule has 12 aromatic rings. The molecule has 2 aromatic heterocycles. The molecule has 0 aliphatic heterocycles. The number of nitrogens with zero attached hydrogens (tertiary/aromatic N) is 2. The van der Waals surface area contributed by atoms with Crippen LogP contribution in [0.15, 0.2) is 231 Å². The summed E-state index contributed by atoms with van der Waals surface area (Å²) in [6, 6.07) is 84.1. The summed E-state index contributed by atoms with van der Waals surface area (Å²) < 4.78 is 5.03. The molecule has 0 aliphatic rings. The van der Waals surface area contributed by atoms with E-state index in [0.717, 1.165) is 22.7 Å². The van der Waals surface area contributed by atoms with Gasteiger partial charge in [0.1, 0.15) is 0 Å². The Hall–Kier alpha value is -7.72. The molecule has 0 unspecified atom stereocenters. The molecule has 0 saturated carbocycles. The van der Waals surface area contributed by atoms with Crippen LogP contribution in [-0.4, -0.2) is 4.57 Å². The summed E-state index contributed by atoms with van der Waals surface area (Å²) in [5.74, 6) is 0. The van der Waals surface area contributed by atoms with Crippen molar-refractivity contribution in [1.29, 1.82) is 0 Å². The van der Waals surface area contributed by atoms with E-state index in [9.17, 15) is 0 Å². The first-order valence-corrected chi connectivity index (χ1v) is 21.6. The number of thiophene rings is 1. The SMILES string of the molecule is c1cc(-c2ccc(N(c3ccc(-c4ccc5c(c4)sc4ccccc45)cc3)c3ccc(-c4cccc5ccccc45)cc3)cc2)cc(-n2c3ccccc3c3ccccc32)c1. The minimum atomic E-state index is 1.10. The van der Waals surface area contributed by atoms with Crippen LogP contribution in [0.5, 0.6) is 0 Å². The van der Waals surface area contributed by atoms with Crippen LogP contribution in [0.2, 0.25) is 0 Å². The second kappa shape index (κ2) is 14.5. The van der Waals surface area contributed by atoms with Gasteiger partial charge in [-0.15, -0.1) is 11.3 Å². The Morgan fingerprint density at radius 3 is 1.48 bits per heavy atom. The Morgan fingerprint density at radius 2 is 0.803 bits per heavy atom. The molecule has 0 radical (unpaired) electrons. The van der Waals surface area contributed by atoms with Crippen LogP contribution in [0, 0.1) is 0 Å². The Balaban J connectivity index is 0.920. The summed E-state index contributed by atoms with van der Waals surface area (Å²) >= 11 is 1.86. The largest absolute Gasteiger partial charge is 0.311 e. The van der Waals surface area contributed by atoms with E-state index >= 15 is 0 Å². The Kier molecular flexibility index (Phi) is 8.39. The number of hydrogen-bond donors (Lipinski definition) is 0. The van der Waals surface area contributed by atoms with Crippen molar-refractivity contribution in [3.8, 4) is 39.1 Å². The van der Waals surface area contributed by atoms with Crippen molar-refractivity contribution in [2.45, 2.75) is 0 Å². The van der Waals surface area contributed by atoms with E-state index in [1.165, 1.54) is 86.1 Å². The second-order valence-corrected chi connectivity index (χ2v) is 16.8. The number of aromatic nitrogens is 1. The van der Waals surface area contributed by atoms with Gasteiger partial charge in [0, 0.05) is 53.7 Å². The molecule has 3 heteroatoms. The first kappa shape index (κ1) is 35.2. The van der Waals surface area contributed by atoms with Crippen molar-refractivity contribution in [2.24, 2.45) is 0 Å². The maximum absolute atomic E-state index is 2.39. The average molecular weight is 795 g/mol. The molecule has 2 heterocycles. The molecule has 0 saturated heterocycles. The van der Waals surface area contributed by atoms with Gasteiger partial charge in [-0.1, -0.05) is 158 Å². The van der Waals surface area contributed by atoms with E-state index in [4.69, 9.17) is 0 Å². The van der Waals surface area contributed by atoms with E-state index in [0.29, 0.717) is 0 Å². The fourth-order valence-corrected chi connectivity index (χ4v) is 10.4. The van der Waals surface area contributed by atoms with Gasteiger partial charge in [-0.3, -0.25) is 0 Å². The molecule has 0 aliphatic carbocycles. The fourth-order valence-electron chi connectivity index (χ4n) is 9.25. The fraction of sp³-hybridized carbons (Fsp3) is 0. The molecule has 0 amide bonds. The Labute approximate surface area is 358 Å². The van der Waals surface area contributed by atoms with Gasteiger partial charge in [0.2, 0.25) is 0 Å². The normalized spacial score (nSPS) is 11.6. The highest BCUT2D eigenvalue weighted by Crippen LogP contribution is 2.41. The van der Waals surface area contributed by atoms with Crippen molar-refractivity contribution in [1.82, 2.24) is 4.57 Å². The van der Waals surface area contributed by atoms with Crippen molar-refractivity contribution in [3.05, 3.63) is 231 Å². The molecule has 0 spiro atoms. The van der Waals surface area contributed by atoms with Gasteiger partial charge in [-0.25, -0.2) is 0 Å². The van der Waals surface area contributed by atoms with Crippen LogP contribution >= 0.6 is 11.3 Å². The van der Waals surface area contributed by atoms with E-state index in [1.54, 1.807) is 0 Å². The monoisotopic (exact) mass is 794 g/mol. The molecule has 286 valence electrons. The smallest absolute Gasteiger partial charge is 0.0541 e. The van der Waals surface area contributed by atoms with Crippen molar-refractivity contribution >= 4 is 81.1 Å². The van der Waals surface area contributed by atoms with Gasteiger partial charge < -0.3 is 9.47 Å². The number of para-hydroxylation sites is 2. The topological polar surface area (TPSA) is 8.17 Å². The lowest BCUT2D eigenvalue weighted by Gasteiger charge is -2.26.